The van der Waals surface area contributed by atoms with Crippen molar-refractivity contribution in [2.24, 2.45) is 0 Å². The van der Waals surface area contributed by atoms with E-state index in [1.54, 1.807) is 12.1 Å². The molecule has 0 aliphatic rings. The van der Waals surface area contributed by atoms with Gasteiger partial charge in [0.25, 0.3) is 0 Å². The Morgan fingerprint density at radius 3 is 2.25 bits per heavy atom. The first-order valence-corrected chi connectivity index (χ1v) is 7.37. The van der Waals surface area contributed by atoms with E-state index in [2.05, 4.69) is 24.4 Å². The average molecular weight is 310 g/mol. The molecule has 0 saturated heterocycles. The fourth-order valence-electron chi connectivity index (χ4n) is 2.15. The Morgan fingerprint density at radius 1 is 1.10 bits per heavy atom. The van der Waals surface area contributed by atoms with E-state index in [0.717, 1.165) is 18.5 Å². The van der Waals surface area contributed by atoms with E-state index < -0.39 is 0 Å². The highest BCUT2D eigenvalue weighted by Gasteiger charge is 2.12. The molecule has 2 rings (SSSR count). The van der Waals surface area contributed by atoms with Gasteiger partial charge < -0.3 is 10.4 Å². The highest BCUT2D eigenvalue weighted by Crippen LogP contribution is 2.36. The zero-order valence-electron chi connectivity index (χ0n) is 11.2. The summed E-state index contributed by atoms with van der Waals surface area (Å²) in [5, 5.41) is 13.5. The molecule has 0 aliphatic heterocycles. The fourth-order valence-corrected chi connectivity index (χ4v) is 2.63. The molecule has 2 N–H and O–H groups in total. The minimum atomic E-state index is -0.0781. The predicted molar refractivity (Wildman–Crippen MR) is 85.8 cm³/mol. The van der Waals surface area contributed by atoms with Crippen molar-refractivity contribution in [3.05, 3.63) is 58.1 Å². The number of hydrogen-bond donors (Lipinski definition) is 2. The minimum absolute atomic E-state index is 0.0781. The molecule has 0 heterocycles. The van der Waals surface area contributed by atoms with Gasteiger partial charge in [-0.05, 0) is 24.1 Å². The van der Waals surface area contributed by atoms with Gasteiger partial charge in [0.2, 0.25) is 0 Å². The van der Waals surface area contributed by atoms with Crippen LogP contribution in [0.5, 0.6) is 5.75 Å². The molecule has 1 atom stereocenters. The first-order valence-electron chi connectivity index (χ1n) is 6.61. The molecule has 0 aliphatic carbocycles. The number of hydrogen-bond acceptors (Lipinski definition) is 2. The van der Waals surface area contributed by atoms with Gasteiger partial charge in [0.1, 0.15) is 0 Å². The molecule has 2 aromatic rings. The SMILES string of the molecule is CCCC(Nc1cc(Cl)c(O)c(Cl)c1)c1ccccc1. The second kappa shape index (κ2) is 6.87. The van der Waals surface area contributed by atoms with Crippen LogP contribution in [-0.4, -0.2) is 5.11 Å². The third-order valence-electron chi connectivity index (χ3n) is 3.14. The molecule has 0 saturated carbocycles. The van der Waals surface area contributed by atoms with E-state index in [-0.39, 0.29) is 21.8 Å². The van der Waals surface area contributed by atoms with E-state index in [4.69, 9.17) is 23.2 Å². The number of nitrogens with one attached hydrogen (secondary N) is 1. The molecule has 20 heavy (non-hydrogen) atoms. The maximum Gasteiger partial charge on any atom is 0.152 e. The van der Waals surface area contributed by atoms with Gasteiger partial charge in [-0.3, -0.25) is 0 Å². The highest BCUT2D eigenvalue weighted by atomic mass is 35.5. The number of benzene rings is 2. The number of phenolic OH excluding ortho intramolecular Hbond substituents is 1. The van der Waals surface area contributed by atoms with Gasteiger partial charge in [0.15, 0.2) is 5.75 Å². The molecule has 4 heteroatoms. The van der Waals surface area contributed by atoms with Crippen LogP contribution in [0, 0.1) is 0 Å². The highest BCUT2D eigenvalue weighted by molar-refractivity contribution is 6.37. The first kappa shape index (κ1) is 15.0. The molecule has 0 aromatic heterocycles. The molecule has 0 fully saturated rings. The molecule has 0 spiro atoms. The van der Waals surface area contributed by atoms with Crippen LogP contribution >= 0.6 is 23.2 Å². The number of halogens is 2. The lowest BCUT2D eigenvalue weighted by atomic mass is 10.0. The zero-order chi connectivity index (χ0) is 14.5. The number of rotatable bonds is 5. The third-order valence-corrected chi connectivity index (χ3v) is 3.71. The van der Waals surface area contributed by atoms with Gasteiger partial charge in [0.05, 0.1) is 16.1 Å². The average Bonchev–Trinajstić information content (AvgIpc) is 2.45. The Labute approximate surface area is 129 Å². The molecule has 0 radical (unpaired) electrons. The summed E-state index contributed by atoms with van der Waals surface area (Å²) in [6.07, 6.45) is 2.06. The molecule has 2 aromatic carbocycles. The lowest BCUT2D eigenvalue weighted by Crippen LogP contribution is -2.10. The van der Waals surface area contributed by atoms with Gasteiger partial charge in [-0.2, -0.15) is 0 Å². The molecule has 2 nitrogen and oxygen atoms in total. The summed E-state index contributed by atoms with van der Waals surface area (Å²) in [7, 11) is 0. The lowest BCUT2D eigenvalue weighted by Gasteiger charge is -2.20. The quantitative estimate of drug-likeness (QED) is 0.699. The Hall–Kier alpha value is -1.38. The van der Waals surface area contributed by atoms with Crippen LogP contribution in [-0.2, 0) is 0 Å². The number of phenols is 1. The predicted octanol–water partition coefficient (Wildman–Crippen LogP) is 5.65. The molecular formula is C16H17Cl2NO. The van der Waals surface area contributed by atoms with E-state index in [0.29, 0.717) is 0 Å². The topological polar surface area (TPSA) is 32.3 Å². The second-order valence-electron chi connectivity index (χ2n) is 4.68. The monoisotopic (exact) mass is 309 g/mol. The van der Waals surface area contributed by atoms with Crippen molar-refractivity contribution in [3.63, 3.8) is 0 Å². The van der Waals surface area contributed by atoms with Crippen LogP contribution in [0.3, 0.4) is 0 Å². The van der Waals surface area contributed by atoms with E-state index in [1.807, 2.05) is 18.2 Å². The maximum absolute atomic E-state index is 9.59. The standard InChI is InChI=1S/C16H17Cl2NO/c1-2-6-15(11-7-4-3-5-8-11)19-12-9-13(17)16(20)14(18)10-12/h3-5,7-10,15,19-20H,2,6H2,1H3. The van der Waals surface area contributed by atoms with Crippen LogP contribution in [0.15, 0.2) is 42.5 Å². The zero-order valence-corrected chi connectivity index (χ0v) is 12.7. The van der Waals surface area contributed by atoms with Gasteiger partial charge in [-0.15, -0.1) is 0 Å². The van der Waals surface area contributed by atoms with Crippen LogP contribution in [0.2, 0.25) is 10.0 Å². The first-order chi connectivity index (χ1) is 9.61. The van der Waals surface area contributed by atoms with Gasteiger partial charge >= 0.3 is 0 Å². The molecule has 0 amide bonds. The molecule has 1 unspecified atom stereocenters. The fraction of sp³-hybridized carbons (Fsp3) is 0.250. The van der Waals surface area contributed by atoms with Gasteiger partial charge in [-0.1, -0.05) is 66.9 Å². The van der Waals surface area contributed by atoms with Crippen LogP contribution < -0.4 is 5.32 Å². The lowest BCUT2D eigenvalue weighted by molar-refractivity contribution is 0.476. The van der Waals surface area contributed by atoms with Crippen LogP contribution in [0.4, 0.5) is 5.69 Å². The van der Waals surface area contributed by atoms with Crippen molar-refractivity contribution in [1.82, 2.24) is 0 Å². The largest absolute Gasteiger partial charge is 0.505 e. The summed E-state index contributed by atoms with van der Waals surface area (Å²) in [5.74, 6) is -0.0781. The normalized spacial score (nSPS) is 12.2. The smallest absolute Gasteiger partial charge is 0.152 e. The Kier molecular flexibility index (Phi) is 5.16. The molecular weight excluding hydrogens is 293 g/mol. The Balaban J connectivity index is 2.25. The van der Waals surface area contributed by atoms with Crippen molar-refractivity contribution in [2.75, 3.05) is 5.32 Å². The summed E-state index contributed by atoms with van der Waals surface area (Å²) < 4.78 is 0. The maximum atomic E-state index is 9.59. The van der Waals surface area contributed by atoms with E-state index in [1.165, 1.54) is 5.56 Å². The van der Waals surface area contributed by atoms with Crippen molar-refractivity contribution in [2.45, 2.75) is 25.8 Å². The minimum Gasteiger partial charge on any atom is -0.505 e. The Bertz CT molecular complexity index is 549. The van der Waals surface area contributed by atoms with Crippen molar-refractivity contribution in [1.29, 1.82) is 0 Å². The second-order valence-corrected chi connectivity index (χ2v) is 5.50. The summed E-state index contributed by atoms with van der Waals surface area (Å²) >= 11 is 11.9. The number of aromatic hydroxyl groups is 1. The van der Waals surface area contributed by atoms with Gasteiger partial charge in [0, 0.05) is 5.69 Å². The Morgan fingerprint density at radius 2 is 1.70 bits per heavy atom. The van der Waals surface area contributed by atoms with E-state index in [9.17, 15) is 5.11 Å². The van der Waals surface area contributed by atoms with Crippen LogP contribution in [0.1, 0.15) is 31.4 Å². The van der Waals surface area contributed by atoms with E-state index >= 15 is 0 Å². The summed E-state index contributed by atoms with van der Waals surface area (Å²) in [6, 6.07) is 13.8. The third kappa shape index (κ3) is 3.59. The van der Waals surface area contributed by atoms with Crippen molar-refractivity contribution < 1.29 is 5.11 Å². The number of anilines is 1. The molecule has 0 bridgehead atoms. The summed E-state index contributed by atoms with van der Waals surface area (Å²) in [4.78, 5) is 0. The summed E-state index contributed by atoms with van der Waals surface area (Å²) in [5.41, 5.74) is 2.02. The van der Waals surface area contributed by atoms with Crippen molar-refractivity contribution >= 4 is 28.9 Å². The summed E-state index contributed by atoms with van der Waals surface area (Å²) in [6.45, 7) is 2.15. The molecule has 106 valence electrons. The van der Waals surface area contributed by atoms with Gasteiger partial charge in [-0.25, -0.2) is 0 Å². The van der Waals surface area contributed by atoms with Crippen LogP contribution in [0.25, 0.3) is 0 Å². The van der Waals surface area contributed by atoms with Crippen molar-refractivity contribution in [3.8, 4) is 5.75 Å².